The molecule has 0 unspecified atom stereocenters. The van der Waals surface area contributed by atoms with Crippen molar-refractivity contribution in [3.05, 3.63) is 46.2 Å². The van der Waals surface area contributed by atoms with Crippen LogP contribution in [0.1, 0.15) is 16.1 Å². The van der Waals surface area contributed by atoms with Gasteiger partial charge < -0.3 is 5.11 Å². The van der Waals surface area contributed by atoms with Gasteiger partial charge in [-0.25, -0.2) is 9.48 Å². The molecule has 82 valence electrons. The minimum absolute atomic E-state index is 0.0463. The number of nitrogens with zero attached hydrogens (tertiary/aromatic N) is 3. The fourth-order valence-corrected chi connectivity index (χ4v) is 1.74. The highest BCUT2D eigenvalue weighted by Crippen LogP contribution is 2.12. The highest BCUT2D eigenvalue weighted by molar-refractivity contribution is 9.10. The molecule has 0 aliphatic carbocycles. The number of hydrogen-bond acceptors (Lipinski definition) is 3. The Morgan fingerprint density at radius 3 is 2.94 bits per heavy atom. The number of carbonyl (C=O) groups is 1. The summed E-state index contributed by atoms with van der Waals surface area (Å²) >= 11 is 3.36. The molecule has 6 heteroatoms. The lowest BCUT2D eigenvalue weighted by molar-refractivity contribution is 0.0690. The van der Waals surface area contributed by atoms with Gasteiger partial charge in [-0.05, 0) is 17.7 Å². The second-order valence-electron chi connectivity index (χ2n) is 3.24. The van der Waals surface area contributed by atoms with E-state index in [0.717, 1.165) is 10.0 Å². The van der Waals surface area contributed by atoms with E-state index in [1.54, 1.807) is 0 Å². The van der Waals surface area contributed by atoms with Crippen molar-refractivity contribution in [2.24, 2.45) is 0 Å². The fourth-order valence-electron chi connectivity index (χ4n) is 1.30. The number of aromatic nitrogens is 3. The van der Waals surface area contributed by atoms with Crippen LogP contribution >= 0.6 is 15.9 Å². The highest BCUT2D eigenvalue weighted by Gasteiger charge is 2.08. The monoisotopic (exact) mass is 281 g/mol. The molecular weight excluding hydrogens is 274 g/mol. The molecule has 1 aromatic heterocycles. The first kappa shape index (κ1) is 10.8. The van der Waals surface area contributed by atoms with E-state index < -0.39 is 5.97 Å². The Hall–Kier alpha value is -1.69. The van der Waals surface area contributed by atoms with Crippen molar-refractivity contribution in [3.8, 4) is 0 Å². The summed E-state index contributed by atoms with van der Waals surface area (Å²) in [6.07, 6.45) is 1.41. The third-order valence-electron chi connectivity index (χ3n) is 1.99. The van der Waals surface area contributed by atoms with Gasteiger partial charge in [-0.15, -0.1) is 5.10 Å². The third-order valence-corrected chi connectivity index (χ3v) is 2.48. The van der Waals surface area contributed by atoms with E-state index >= 15 is 0 Å². The molecule has 0 spiro atoms. The van der Waals surface area contributed by atoms with Crippen molar-refractivity contribution in [2.45, 2.75) is 6.54 Å². The maximum Gasteiger partial charge on any atom is 0.358 e. The smallest absolute Gasteiger partial charge is 0.358 e. The van der Waals surface area contributed by atoms with Crippen LogP contribution in [-0.2, 0) is 6.54 Å². The average Bonchev–Trinajstić information content (AvgIpc) is 2.66. The zero-order chi connectivity index (χ0) is 11.5. The van der Waals surface area contributed by atoms with Crippen LogP contribution in [0.5, 0.6) is 0 Å². The minimum atomic E-state index is -1.07. The fraction of sp³-hybridized carbons (Fsp3) is 0.100. The molecular formula is C10H8BrN3O2. The first-order chi connectivity index (χ1) is 7.65. The van der Waals surface area contributed by atoms with Crippen LogP contribution in [0.2, 0.25) is 0 Å². The predicted molar refractivity (Wildman–Crippen MR) is 60.2 cm³/mol. The molecule has 1 N–H and O–H groups in total. The van der Waals surface area contributed by atoms with Crippen molar-refractivity contribution in [1.29, 1.82) is 0 Å². The zero-order valence-corrected chi connectivity index (χ0v) is 9.75. The van der Waals surface area contributed by atoms with E-state index in [9.17, 15) is 4.79 Å². The standard InChI is InChI=1S/C10H8BrN3O2/c11-8-3-1-2-7(4-8)5-14-6-9(10(15)16)12-13-14/h1-4,6H,5H2,(H,15,16). The number of carboxylic acid groups (broad SMARTS) is 1. The molecule has 0 saturated heterocycles. The lowest BCUT2D eigenvalue weighted by Crippen LogP contribution is -2.00. The molecule has 16 heavy (non-hydrogen) atoms. The Bertz CT molecular complexity index is 524. The average molecular weight is 282 g/mol. The van der Waals surface area contributed by atoms with Crippen molar-refractivity contribution < 1.29 is 9.90 Å². The Kier molecular flexibility index (Phi) is 3.00. The molecule has 2 rings (SSSR count). The van der Waals surface area contributed by atoms with Gasteiger partial charge in [0, 0.05) is 4.47 Å². The highest BCUT2D eigenvalue weighted by atomic mass is 79.9. The number of halogens is 1. The molecule has 0 radical (unpaired) electrons. The van der Waals surface area contributed by atoms with Gasteiger partial charge in [0.05, 0.1) is 12.7 Å². The summed E-state index contributed by atoms with van der Waals surface area (Å²) < 4.78 is 2.47. The van der Waals surface area contributed by atoms with Crippen molar-refractivity contribution in [1.82, 2.24) is 15.0 Å². The van der Waals surface area contributed by atoms with Gasteiger partial charge in [0.25, 0.3) is 0 Å². The van der Waals surface area contributed by atoms with Gasteiger partial charge >= 0.3 is 5.97 Å². The number of benzene rings is 1. The van der Waals surface area contributed by atoms with E-state index in [4.69, 9.17) is 5.11 Å². The summed E-state index contributed by atoms with van der Waals surface area (Å²) in [5, 5.41) is 16.0. The molecule has 0 atom stereocenters. The number of carboxylic acids is 1. The SMILES string of the molecule is O=C(O)c1cn(Cc2cccc(Br)c2)nn1. The zero-order valence-electron chi connectivity index (χ0n) is 8.17. The molecule has 0 aliphatic heterocycles. The van der Waals surface area contributed by atoms with Crippen molar-refractivity contribution in [3.63, 3.8) is 0 Å². The number of hydrogen-bond donors (Lipinski definition) is 1. The predicted octanol–water partition coefficient (Wildman–Crippen LogP) is 1.79. The third kappa shape index (κ3) is 2.46. The molecule has 1 heterocycles. The van der Waals surface area contributed by atoms with Crippen LogP contribution in [0.25, 0.3) is 0 Å². The van der Waals surface area contributed by atoms with Crippen LogP contribution in [0.3, 0.4) is 0 Å². The molecule has 5 nitrogen and oxygen atoms in total. The summed E-state index contributed by atoms with van der Waals surface area (Å²) in [6, 6.07) is 7.72. The van der Waals surface area contributed by atoms with E-state index in [1.165, 1.54) is 10.9 Å². The minimum Gasteiger partial charge on any atom is -0.476 e. The van der Waals surface area contributed by atoms with Crippen LogP contribution in [0, 0.1) is 0 Å². The summed E-state index contributed by atoms with van der Waals surface area (Å²) in [5.74, 6) is -1.07. The first-order valence-corrected chi connectivity index (χ1v) is 5.32. The normalized spacial score (nSPS) is 10.3. The molecule has 0 aliphatic rings. The lowest BCUT2D eigenvalue weighted by atomic mass is 10.2. The summed E-state index contributed by atoms with van der Waals surface area (Å²) in [6.45, 7) is 0.500. The molecule has 0 fully saturated rings. The van der Waals surface area contributed by atoms with E-state index in [1.807, 2.05) is 24.3 Å². The molecule has 2 aromatic rings. The van der Waals surface area contributed by atoms with E-state index in [-0.39, 0.29) is 5.69 Å². The largest absolute Gasteiger partial charge is 0.476 e. The molecule has 0 bridgehead atoms. The van der Waals surface area contributed by atoms with Gasteiger partial charge in [-0.2, -0.15) is 0 Å². The quantitative estimate of drug-likeness (QED) is 0.931. The van der Waals surface area contributed by atoms with Gasteiger partial charge in [0.1, 0.15) is 0 Å². The maximum absolute atomic E-state index is 10.6. The van der Waals surface area contributed by atoms with Crippen molar-refractivity contribution in [2.75, 3.05) is 0 Å². The topological polar surface area (TPSA) is 68.0 Å². The summed E-state index contributed by atoms with van der Waals surface area (Å²) in [5.41, 5.74) is 0.978. The number of aromatic carboxylic acids is 1. The van der Waals surface area contributed by atoms with Gasteiger partial charge in [0.2, 0.25) is 0 Å². The Balaban J connectivity index is 2.17. The second-order valence-corrected chi connectivity index (χ2v) is 4.15. The van der Waals surface area contributed by atoms with E-state index in [2.05, 4.69) is 26.2 Å². The summed E-state index contributed by atoms with van der Waals surface area (Å²) in [4.78, 5) is 10.6. The van der Waals surface area contributed by atoms with Crippen LogP contribution in [0.4, 0.5) is 0 Å². The Morgan fingerprint density at radius 1 is 1.50 bits per heavy atom. The van der Waals surface area contributed by atoms with Gasteiger partial charge in [0.15, 0.2) is 5.69 Å². The van der Waals surface area contributed by atoms with Gasteiger partial charge in [-0.3, -0.25) is 0 Å². The molecule has 1 aromatic carbocycles. The lowest BCUT2D eigenvalue weighted by Gasteiger charge is -2.00. The molecule has 0 saturated carbocycles. The van der Waals surface area contributed by atoms with E-state index in [0.29, 0.717) is 6.54 Å². The Labute approximate surface area is 99.8 Å². The molecule has 0 amide bonds. The Morgan fingerprint density at radius 2 is 2.31 bits per heavy atom. The van der Waals surface area contributed by atoms with Crippen molar-refractivity contribution >= 4 is 21.9 Å². The maximum atomic E-state index is 10.6. The number of rotatable bonds is 3. The second kappa shape index (κ2) is 4.44. The van der Waals surface area contributed by atoms with Gasteiger partial charge in [-0.1, -0.05) is 33.3 Å². The van der Waals surface area contributed by atoms with Crippen LogP contribution in [-0.4, -0.2) is 26.1 Å². The first-order valence-electron chi connectivity index (χ1n) is 4.53. The van der Waals surface area contributed by atoms with Crippen LogP contribution in [0.15, 0.2) is 34.9 Å². The summed E-state index contributed by atoms with van der Waals surface area (Å²) in [7, 11) is 0. The van der Waals surface area contributed by atoms with Crippen LogP contribution < -0.4 is 0 Å².